The monoisotopic (exact) mass is 612 g/mol. The van der Waals surface area contributed by atoms with Crippen molar-refractivity contribution in [1.29, 1.82) is 0 Å². The maximum Gasteiger partial charge on any atom is 0.338 e. The van der Waals surface area contributed by atoms with Crippen LogP contribution in [0.4, 0.5) is 0 Å². The molecule has 2 aromatic carbocycles. The van der Waals surface area contributed by atoms with Gasteiger partial charge in [-0.1, -0.05) is 41.1 Å². The van der Waals surface area contributed by atoms with Gasteiger partial charge < -0.3 is 13.9 Å². The summed E-state index contributed by atoms with van der Waals surface area (Å²) in [6, 6.07) is 15.7. The number of thiazole rings is 1. The Morgan fingerprint density at radius 1 is 1.24 bits per heavy atom. The summed E-state index contributed by atoms with van der Waals surface area (Å²) in [6.45, 7) is 3.69. The molecule has 4 aromatic rings. The molecular weight excluding hydrogens is 592 g/mol. The minimum absolute atomic E-state index is 0.201. The molecule has 0 unspecified atom stereocenters. The number of benzene rings is 2. The molecule has 38 heavy (non-hydrogen) atoms. The molecular formula is C28H22BrClN2O5S. The fraction of sp³-hybridized carbons (Fsp3) is 0.179. The third kappa shape index (κ3) is 4.89. The molecule has 1 aliphatic rings. The van der Waals surface area contributed by atoms with E-state index in [1.54, 1.807) is 45.2 Å². The number of esters is 1. The topological polar surface area (TPSA) is 83.0 Å². The predicted octanol–water partition coefficient (Wildman–Crippen LogP) is 5.48. The van der Waals surface area contributed by atoms with E-state index in [0.29, 0.717) is 52.9 Å². The molecule has 0 N–H and O–H groups in total. The summed E-state index contributed by atoms with van der Waals surface area (Å²) in [4.78, 5) is 31.9. The molecule has 0 saturated carbocycles. The quantitative estimate of drug-likeness (QED) is 0.269. The van der Waals surface area contributed by atoms with E-state index in [9.17, 15) is 9.59 Å². The predicted molar refractivity (Wildman–Crippen MR) is 150 cm³/mol. The van der Waals surface area contributed by atoms with Crippen molar-refractivity contribution >= 4 is 50.9 Å². The first-order valence-electron chi connectivity index (χ1n) is 11.7. The summed E-state index contributed by atoms with van der Waals surface area (Å²) < 4.78 is 19.4. The van der Waals surface area contributed by atoms with Crippen LogP contribution in [-0.2, 0) is 9.53 Å². The molecule has 5 rings (SSSR count). The van der Waals surface area contributed by atoms with Crippen molar-refractivity contribution in [3.63, 3.8) is 0 Å². The van der Waals surface area contributed by atoms with E-state index in [2.05, 4.69) is 20.9 Å². The molecule has 0 spiro atoms. The highest BCUT2D eigenvalue weighted by molar-refractivity contribution is 9.10. The zero-order chi connectivity index (χ0) is 27.0. The maximum atomic E-state index is 13.8. The van der Waals surface area contributed by atoms with Crippen LogP contribution < -0.4 is 19.6 Å². The van der Waals surface area contributed by atoms with Crippen LogP contribution in [0.5, 0.6) is 5.75 Å². The summed E-state index contributed by atoms with van der Waals surface area (Å²) in [5.74, 6) is 1.26. The largest absolute Gasteiger partial charge is 0.496 e. The number of furan rings is 1. The fourth-order valence-electron chi connectivity index (χ4n) is 4.32. The van der Waals surface area contributed by atoms with E-state index in [0.717, 1.165) is 5.56 Å². The number of carbonyl (C=O) groups is 1. The van der Waals surface area contributed by atoms with Gasteiger partial charge in [0.1, 0.15) is 17.3 Å². The number of allylic oxidation sites excluding steroid dienone is 1. The zero-order valence-corrected chi connectivity index (χ0v) is 23.8. The molecule has 7 nitrogen and oxygen atoms in total. The van der Waals surface area contributed by atoms with Gasteiger partial charge in [-0.15, -0.1) is 0 Å². The standard InChI is InChI=1S/C28H22BrClN2O5S/c1-4-36-27(34)24-15(2)31-28-32(25(24)17-8-10-22(35-3)20(29)13-17)26(33)23(38-28)14-19-9-11-21(37-19)16-6-5-7-18(30)12-16/h5-14,25H,4H2,1-3H3/b23-14+/t25-/m1/s1. The lowest BCUT2D eigenvalue weighted by molar-refractivity contribution is -0.139. The first-order chi connectivity index (χ1) is 18.3. The lowest BCUT2D eigenvalue weighted by Crippen LogP contribution is -2.39. The lowest BCUT2D eigenvalue weighted by atomic mass is 9.96. The van der Waals surface area contributed by atoms with E-state index in [1.807, 2.05) is 36.4 Å². The van der Waals surface area contributed by atoms with E-state index < -0.39 is 12.0 Å². The SMILES string of the molecule is CCOC(=O)C1=C(C)N=c2s/c(=C/c3ccc(-c4cccc(Cl)c4)o3)c(=O)n2[C@@H]1c1ccc(OC)c(Br)c1. The van der Waals surface area contributed by atoms with Gasteiger partial charge in [-0.05, 0) is 71.7 Å². The van der Waals surface area contributed by atoms with Gasteiger partial charge in [0.25, 0.3) is 5.56 Å². The van der Waals surface area contributed by atoms with Crippen LogP contribution in [0.3, 0.4) is 0 Å². The number of ether oxygens (including phenoxy) is 2. The van der Waals surface area contributed by atoms with E-state index in [1.165, 1.54) is 15.9 Å². The number of hydrogen-bond acceptors (Lipinski definition) is 7. The van der Waals surface area contributed by atoms with Gasteiger partial charge in [0.05, 0.1) is 40.0 Å². The molecule has 0 aliphatic carbocycles. The Morgan fingerprint density at radius 2 is 2.05 bits per heavy atom. The van der Waals surface area contributed by atoms with Crippen LogP contribution >= 0.6 is 38.9 Å². The molecule has 0 amide bonds. The highest BCUT2D eigenvalue weighted by Crippen LogP contribution is 2.35. The number of aromatic nitrogens is 1. The minimum Gasteiger partial charge on any atom is -0.496 e. The highest BCUT2D eigenvalue weighted by Gasteiger charge is 2.33. The zero-order valence-electron chi connectivity index (χ0n) is 20.7. The molecule has 2 aromatic heterocycles. The lowest BCUT2D eigenvalue weighted by Gasteiger charge is -2.25. The van der Waals surface area contributed by atoms with Crippen LogP contribution in [0, 0.1) is 0 Å². The number of hydrogen-bond donors (Lipinski definition) is 0. The first kappa shape index (κ1) is 26.2. The Bertz CT molecular complexity index is 1770. The van der Waals surface area contributed by atoms with Crippen molar-refractivity contribution in [2.45, 2.75) is 19.9 Å². The molecule has 1 atom stereocenters. The Hall–Kier alpha value is -3.40. The van der Waals surface area contributed by atoms with Crippen LogP contribution in [-0.4, -0.2) is 24.3 Å². The van der Waals surface area contributed by atoms with Gasteiger partial charge in [-0.2, -0.15) is 0 Å². The van der Waals surface area contributed by atoms with Crippen molar-refractivity contribution in [3.05, 3.63) is 106 Å². The summed E-state index contributed by atoms with van der Waals surface area (Å²) >= 11 is 10.9. The number of rotatable bonds is 6. The Kier molecular flexibility index (Phi) is 7.43. The average molecular weight is 614 g/mol. The van der Waals surface area contributed by atoms with Crippen molar-refractivity contribution in [2.24, 2.45) is 4.99 Å². The summed E-state index contributed by atoms with van der Waals surface area (Å²) in [5, 5.41) is 0.603. The number of carbonyl (C=O) groups excluding carboxylic acids is 1. The Balaban J connectivity index is 1.65. The molecule has 0 saturated heterocycles. The number of nitrogens with zero attached hydrogens (tertiary/aromatic N) is 2. The van der Waals surface area contributed by atoms with E-state index in [-0.39, 0.29) is 12.2 Å². The van der Waals surface area contributed by atoms with E-state index >= 15 is 0 Å². The molecule has 3 heterocycles. The summed E-state index contributed by atoms with van der Waals surface area (Å²) in [5.41, 5.74) is 2.06. The second kappa shape index (κ2) is 10.8. The third-order valence-corrected chi connectivity index (χ3v) is 7.86. The van der Waals surface area contributed by atoms with Crippen LogP contribution in [0.2, 0.25) is 5.02 Å². The van der Waals surface area contributed by atoms with Crippen molar-refractivity contribution in [2.75, 3.05) is 13.7 Å². The fourth-order valence-corrected chi connectivity index (χ4v) is 6.09. The number of fused-ring (bicyclic) bond motifs is 1. The van der Waals surface area contributed by atoms with Crippen molar-refractivity contribution in [1.82, 2.24) is 4.57 Å². The molecule has 0 bridgehead atoms. The molecule has 194 valence electrons. The molecule has 0 radical (unpaired) electrons. The summed E-state index contributed by atoms with van der Waals surface area (Å²) in [7, 11) is 1.57. The molecule has 10 heteroatoms. The maximum absolute atomic E-state index is 13.8. The number of methoxy groups -OCH3 is 1. The average Bonchev–Trinajstić information content (AvgIpc) is 3.48. The first-order valence-corrected chi connectivity index (χ1v) is 13.7. The van der Waals surface area contributed by atoms with Gasteiger partial charge in [0.15, 0.2) is 4.80 Å². The second-order valence-corrected chi connectivity index (χ2v) is 10.7. The smallest absolute Gasteiger partial charge is 0.338 e. The van der Waals surface area contributed by atoms with Gasteiger partial charge >= 0.3 is 5.97 Å². The molecule has 1 aliphatic heterocycles. The highest BCUT2D eigenvalue weighted by atomic mass is 79.9. The van der Waals surface area contributed by atoms with Gasteiger partial charge in [-0.3, -0.25) is 9.36 Å². The number of halogens is 2. The molecule has 0 fully saturated rings. The van der Waals surface area contributed by atoms with Crippen LogP contribution in [0.15, 0.2) is 84.5 Å². The van der Waals surface area contributed by atoms with Crippen molar-refractivity contribution in [3.8, 4) is 17.1 Å². The van der Waals surface area contributed by atoms with Crippen LogP contribution in [0.1, 0.15) is 31.2 Å². The second-order valence-electron chi connectivity index (χ2n) is 8.41. The van der Waals surface area contributed by atoms with Crippen molar-refractivity contribution < 1.29 is 18.7 Å². The third-order valence-electron chi connectivity index (χ3n) is 6.02. The summed E-state index contributed by atoms with van der Waals surface area (Å²) in [6.07, 6.45) is 1.68. The minimum atomic E-state index is -0.728. The normalized spacial score (nSPS) is 15.3. The van der Waals surface area contributed by atoms with Crippen LogP contribution in [0.25, 0.3) is 17.4 Å². The van der Waals surface area contributed by atoms with Gasteiger partial charge in [0, 0.05) is 16.7 Å². The van der Waals surface area contributed by atoms with Gasteiger partial charge in [0.2, 0.25) is 0 Å². The van der Waals surface area contributed by atoms with E-state index in [4.69, 9.17) is 25.5 Å². The Labute approximate surface area is 235 Å². The van der Waals surface area contributed by atoms with Gasteiger partial charge in [-0.25, -0.2) is 9.79 Å². The Morgan fingerprint density at radius 3 is 2.76 bits per heavy atom.